The van der Waals surface area contributed by atoms with Gasteiger partial charge in [0.15, 0.2) is 0 Å². The molecular weight excluding hydrogens is 266 g/mol. The fourth-order valence-corrected chi connectivity index (χ4v) is 1.38. The van der Waals surface area contributed by atoms with Crippen molar-refractivity contribution in [2.45, 2.75) is 0 Å². The second-order valence-electron chi connectivity index (χ2n) is 2.74. The van der Waals surface area contributed by atoms with Gasteiger partial charge in [0.05, 0.1) is 5.56 Å². The van der Waals surface area contributed by atoms with Gasteiger partial charge in [0.25, 0.3) is 0 Å². The Morgan fingerprint density at radius 1 is 1.33 bits per heavy atom. The summed E-state index contributed by atoms with van der Waals surface area (Å²) in [5.74, 6) is -2.15. The largest absolute Gasteiger partial charge is 0.480 e. The van der Waals surface area contributed by atoms with E-state index in [-0.39, 0.29) is 17.8 Å². The maximum Gasteiger partial charge on any atom is 0.337 e. The van der Waals surface area contributed by atoms with Crippen molar-refractivity contribution in [3.8, 4) is 0 Å². The van der Waals surface area contributed by atoms with Crippen LogP contribution in [0.4, 0.5) is 5.69 Å². The molecule has 1 aromatic carbocycles. The van der Waals surface area contributed by atoms with Gasteiger partial charge >= 0.3 is 11.9 Å². The number of aromatic carboxylic acids is 1. The van der Waals surface area contributed by atoms with Crippen LogP contribution in [0.25, 0.3) is 0 Å². The highest BCUT2D eigenvalue weighted by atomic mass is 79.9. The quantitative estimate of drug-likeness (QED) is 0.777. The smallest absolute Gasteiger partial charge is 0.337 e. The van der Waals surface area contributed by atoms with Crippen LogP contribution in [0.3, 0.4) is 0 Å². The van der Waals surface area contributed by atoms with Crippen molar-refractivity contribution in [1.29, 1.82) is 0 Å². The van der Waals surface area contributed by atoms with Gasteiger partial charge in [0.2, 0.25) is 0 Å². The number of carboxylic acid groups (broad SMARTS) is 2. The molecular formula is C9H8BrNO4. The Kier molecular flexibility index (Phi) is 3.68. The van der Waals surface area contributed by atoms with Crippen LogP contribution in [0.2, 0.25) is 0 Å². The normalized spacial score (nSPS) is 9.67. The summed E-state index contributed by atoms with van der Waals surface area (Å²) in [6, 6.07) is 4.56. The first kappa shape index (κ1) is 11.5. The van der Waals surface area contributed by atoms with Gasteiger partial charge in [-0.2, -0.15) is 0 Å². The predicted octanol–water partition coefficient (Wildman–Crippen LogP) is 1.64. The van der Waals surface area contributed by atoms with Crippen LogP contribution in [0.15, 0.2) is 22.7 Å². The molecule has 0 unspecified atom stereocenters. The summed E-state index contributed by atoms with van der Waals surface area (Å²) in [4.78, 5) is 21.1. The summed E-state index contributed by atoms with van der Waals surface area (Å²) >= 11 is 3.14. The van der Waals surface area contributed by atoms with E-state index in [9.17, 15) is 9.59 Å². The lowest BCUT2D eigenvalue weighted by atomic mass is 10.2. The van der Waals surface area contributed by atoms with Gasteiger partial charge in [-0.1, -0.05) is 15.9 Å². The summed E-state index contributed by atoms with van der Waals surface area (Å²) in [7, 11) is 0. The number of rotatable bonds is 4. The second-order valence-corrected chi connectivity index (χ2v) is 3.66. The lowest BCUT2D eigenvalue weighted by Crippen LogP contribution is -2.14. The molecule has 6 heteroatoms. The Morgan fingerprint density at radius 3 is 2.53 bits per heavy atom. The summed E-state index contributed by atoms with van der Waals surface area (Å²) in [6.07, 6.45) is 0. The molecule has 0 aliphatic carbocycles. The highest BCUT2D eigenvalue weighted by Gasteiger charge is 2.10. The number of hydrogen-bond donors (Lipinski definition) is 3. The van der Waals surface area contributed by atoms with E-state index in [4.69, 9.17) is 10.2 Å². The highest BCUT2D eigenvalue weighted by molar-refractivity contribution is 9.10. The molecule has 3 N–H and O–H groups in total. The van der Waals surface area contributed by atoms with Gasteiger partial charge in [-0.15, -0.1) is 0 Å². The van der Waals surface area contributed by atoms with Crippen molar-refractivity contribution in [2.24, 2.45) is 0 Å². The van der Waals surface area contributed by atoms with Crippen LogP contribution in [-0.4, -0.2) is 28.7 Å². The molecule has 15 heavy (non-hydrogen) atoms. The van der Waals surface area contributed by atoms with E-state index in [0.29, 0.717) is 4.47 Å². The minimum Gasteiger partial charge on any atom is -0.480 e. The molecule has 0 aliphatic rings. The molecule has 0 amide bonds. The highest BCUT2D eigenvalue weighted by Crippen LogP contribution is 2.20. The van der Waals surface area contributed by atoms with Gasteiger partial charge in [0.1, 0.15) is 6.54 Å². The summed E-state index contributed by atoms with van der Waals surface area (Å²) in [6.45, 7) is -0.318. The molecule has 0 spiro atoms. The molecule has 0 aromatic heterocycles. The molecule has 0 atom stereocenters. The van der Waals surface area contributed by atoms with Crippen molar-refractivity contribution in [3.63, 3.8) is 0 Å². The van der Waals surface area contributed by atoms with Gasteiger partial charge in [-0.25, -0.2) is 4.79 Å². The Labute approximate surface area is 93.9 Å². The zero-order valence-electron chi connectivity index (χ0n) is 7.53. The zero-order valence-corrected chi connectivity index (χ0v) is 9.11. The maximum atomic E-state index is 10.8. The van der Waals surface area contributed by atoms with Gasteiger partial charge in [-0.05, 0) is 18.2 Å². The van der Waals surface area contributed by atoms with E-state index >= 15 is 0 Å². The summed E-state index contributed by atoms with van der Waals surface area (Å²) in [5.41, 5.74) is 0.318. The third-order valence-corrected chi connectivity index (χ3v) is 2.14. The van der Waals surface area contributed by atoms with Crippen molar-refractivity contribution in [1.82, 2.24) is 0 Å². The van der Waals surface area contributed by atoms with Crippen LogP contribution in [0.5, 0.6) is 0 Å². The molecule has 0 saturated carbocycles. The van der Waals surface area contributed by atoms with Crippen LogP contribution in [-0.2, 0) is 4.79 Å². The molecule has 0 saturated heterocycles. The topological polar surface area (TPSA) is 86.6 Å². The van der Waals surface area contributed by atoms with Crippen LogP contribution in [0.1, 0.15) is 10.4 Å². The average Bonchev–Trinajstić information content (AvgIpc) is 2.15. The van der Waals surface area contributed by atoms with E-state index in [2.05, 4.69) is 21.2 Å². The predicted molar refractivity (Wildman–Crippen MR) is 57.2 cm³/mol. The number of carbonyl (C=O) groups is 2. The molecule has 0 aliphatic heterocycles. The Bertz CT molecular complexity index is 405. The fourth-order valence-electron chi connectivity index (χ4n) is 1.02. The molecule has 0 heterocycles. The molecule has 0 radical (unpaired) electrons. The Hall–Kier alpha value is -1.56. The van der Waals surface area contributed by atoms with Crippen LogP contribution < -0.4 is 5.32 Å². The van der Waals surface area contributed by atoms with E-state index in [0.717, 1.165) is 0 Å². The molecule has 0 bridgehead atoms. The summed E-state index contributed by atoms with van der Waals surface area (Å²) < 4.78 is 0.626. The number of halogens is 1. The van der Waals surface area contributed by atoms with Crippen LogP contribution in [0, 0.1) is 0 Å². The SMILES string of the molecule is O=C(O)CNc1ccc(Br)cc1C(=O)O. The van der Waals surface area contributed by atoms with Gasteiger partial charge < -0.3 is 15.5 Å². The van der Waals surface area contributed by atoms with E-state index in [1.54, 1.807) is 6.07 Å². The number of nitrogens with one attached hydrogen (secondary N) is 1. The van der Waals surface area contributed by atoms with Gasteiger partial charge in [0, 0.05) is 10.2 Å². The van der Waals surface area contributed by atoms with E-state index < -0.39 is 11.9 Å². The maximum absolute atomic E-state index is 10.8. The molecule has 5 nitrogen and oxygen atoms in total. The number of hydrogen-bond acceptors (Lipinski definition) is 3. The molecule has 80 valence electrons. The van der Waals surface area contributed by atoms with Crippen molar-refractivity contribution in [2.75, 3.05) is 11.9 Å². The minimum absolute atomic E-state index is 0.0330. The Balaban J connectivity index is 2.95. The third kappa shape index (κ3) is 3.25. The van der Waals surface area contributed by atoms with E-state index in [1.807, 2.05) is 0 Å². The molecule has 0 fully saturated rings. The van der Waals surface area contributed by atoms with Gasteiger partial charge in [-0.3, -0.25) is 4.79 Å². The number of carboxylic acids is 2. The third-order valence-electron chi connectivity index (χ3n) is 1.64. The first-order chi connectivity index (χ1) is 7.00. The van der Waals surface area contributed by atoms with Crippen molar-refractivity contribution in [3.05, 3.63) is 28.2 Å². The molecule has 1 aromatic rings. The second kappa shape index (κ2) is 4.79. The average molecular weight is 274 g/mol. The fraction of sp³-hybridized carbons (Fsp3) is 0.111. The Morgan fingerprint density at radius 2 is 2.00 bits per heavy atom. The van der Waals surface area contributed by atoms with Crippen LogP contribution >= 0.6 is 15.9 Å². The number of aliphatic carboxylic acids is 1. The first-order valence-electron chi connectivity index (χ1n) is 3.99. The standard InChI is InChI=1S/C9H8BrNO4/c10-5-1-2-7(11-4-8(12)13)6(3-5)9(14)15/h1-3,11H,4H2,(H,12,13)(H,14,15). The summed E-state index contributed by atoms with van der Waals surface area (Å²) in [5, 5.41) is 19.8. The monoisotopic (exact) mass is 273 g/mol. The zero-order chi connectivity index (χ0) is 11.4. The van der Waals surface area contributed by atoms with Crippen molar-refractivity contribution >= 4 is 33.6 Å². The minimum atomic E-state index is -1.11. The lowest BCUT2D eigenvalue weighted by Gasteiger charge is -2.07. The van der Waals surface area contributed by atoms with E-state index in [1.165, 1.54) is 12.1 Å². The number of benzene rings is 1. The first-order valence-corrected chi connectivity index (χ1v) is 4.78. The lowest BCUT2D eigenvalue weighted by molar-refractivity contribution is -0.134. The number of anilines is 1. The molecule has 1 rings (SSSR count). The van der Waals surface area contributed by atoms with Crippen molar-refractivity contribution < 1.29 is 19.8 Å².